The second-order valence-electron chi connectivity index (χ2n) is 4.40. The van der Waals surface area contributed by atoms with Crippen LogP contribution < -0.4 is 11.1 Å². The Hall–Kier alpha value is -1.96. The van der Waals surface area contributed by atoms with Crippen LogP contribution in [-0.4, -0.2) is 0 Å². The van der Waals surface area contributed by atoms with E-state index in [4.69, 9.17) is 5.73 Å². The van der Waals surface area contributed by atoms with Gasteiger partial charge in [-0.2, -0.15) is 0 Å². The van der Waals surface area contributed by atoms with Crippen molar-refractivity contribution in [2.75, 3.05) is 11.1 Å². The summed E-state index contributed by atoms with van der Waals surface area (Å²) in [6.07, 6.45) is 0. The minimum absolute atomic E-state index is 0.275. The molecule has 1 atom stereocenters. The lowest BCUT2D eigenvalue weighted by molar-refractivity contribution is 0.884. The summed E-state index contributed by atoms with van der Waals surface area (Å²) in [5.74, 6) is 0. The van der Waals surface area contributed by atoms with Crippen LogP contribution in [0.4, 0.5) is 11.4 Å². The predicted octanol–water partition coefficient (Wildman–Crippen LogP) is 3.75. The van der Waals surface area contributed by atoms with Gasteiger partial charge in [-0.1, -0.05) is 35.9 Å². The SMILES string of the molecule is Cc1ccc(C(C)Nc2cccc(N)c2)cc1. The number of nitrogens with two attached hydrogens (primary N) is 1. The maximum absolute atomic E-state index is 5.75. The number of nitrogens with one attached hydrogen (secondary N) is 1. The molecular formula is C15H18N2. The van der Waals surface area contributed by atoms with E-state index < -0.39 is 0 Å². The van der Waals surface area contributed by atoms with Gasteiger partial charge in [0.1, 0.15) is 0 Å². The molecule has 0 spiro atoms. The van der Waals surface area contributed by atoms with Crippen molar-refractivity contribution in [1.29, 1.82) is 0 Å². The van der Waals surface area contributed by atoms with E-state index in [0.29, 0.717) is 0 Å². The molecule has 0 aliphatic carbocycles. The molecule has 2 heteroatoms. The lowest BCUT2D eigenvalue weighted by atomic mass is 10.1. The second kappa shape index (κ2) is 4.91. The summed E-state index contributed by atoms with van der Waals surface area (Å²) in [7, 11) is 0. The standard InChI is InChI=1S/C15H18N2/c1-11-6-8-13(9-7-11)12(2)17-15-5-3-4-14(16)10-15/h3-10,12,17H,16H2,1-2H3. The first-order valence-corrected chi connectivity index (χ1v) is 5.84. The number of nitrogen functional groups attached to an aromatic ring is 1. The van der Waals surface area contributed by atoms with Gasteiger partial charge in [0.05, 0.1) is 0 Å². The number of hydrogen-bond acceptors (Lipinski definition) is 2. The number of benzene rings is 2. The first-order chi connectivity index (χ1) is 8.15. The van der Waals surface area contributed by atoms with E-state index in [1.165, 1.54) is 11.1 Å². The average Bonchev–Trinajstić information content (AvgIpc) is 2.29. The van der Waals surface area contributed by atoms with Gasteiger partial charge in [-0.3, -0.25) is 0 Å². The summed E-state index contributed by atoms with van der Waals surface area (Å²) in [4.78, 5) is 0. The predicted molar refractivity (Wildman–Crippen MR) is 74.1 cm³/mol. The zero-order valence-electron chi connectivity index (χ0n) is 10.3. The Bertz CT molecular complexity index is 489. The fraction of sp³-hybridized carbons (Fsp3) is 0.200. The van der Waals surface area contributed by atoms with Crippen LogP contribution in [0.3, 0.4) is 0 Å². The third-order valence-electron chi connectivity index (χ3n) is 2.85. The van der Waals surface area contributed by atoms with E-state index in [0.717, 1.165) is 11.4 Å². The highest BCUT2D eigenvalue weighted by Gasteiger charge is 2.04. The molecule has 2 rings (SSSR count). The normalized spacial score (nSPS) is 12.1. The van der Waals surface area contributed by atoms with Gasteiger partial charge < -0.3 is 11.1 Å². The van der Waals surface area contributed by atoms with Crippen LogP contribution >= 0.6 is 0 Å². The zero-order chi connectivity index (χ0) is 12.3. The van der Waals surface area contributed by atoms with Crippen LogP contribution in [0.5, 0.6) is 0 Å². The minimum Gasteiger partial charge on any atom is -0.399 e. The van der Waals surface area contributed by atoms with Crippen molar-refractivity contribution < 1.29 is 0 Å². The molecule has 17 heavy (non-hydrogen) atoms. The lowest BCUT2D eigenvalue weighted by Gasteiger charge is -2.16. The first kappa shape index (κ1) is 11.5. The largest absolute Gasteiger partial charge is 0.399 e. The van der Waals surface area contributed by atoms with Gasteiger partial charge in [0.2, 0.25) is 0 Å². The molecule has 0 saturated carbocycles. The van der Waals surface area contributed by atoms with E-state index >= 15 is 0 Å². The number of aryl methyl sites for hydroxylation is 1. The van der Waals surface area contributed by atoms with Crippen LogP contribution in [0, 0.1) is 6.92 Å². The summed E-state index contributed by atoms with van der Waals surface area (Å²) < 4.78 is 0. The van der Waals surface area contributed by atoms with Crippen molar-refractivity contribution in [3.8, 4) is 0 Å². The summed E-state index contributed by atoms with van der Waals surface area (Å²) >= 11 is 0. The van der Waals surface area contributed by atoms with Gasteiger partial charge in [0, 0.05) is 17.4 Å². The summed E-state index contributed by atoms with van der Waals surface area (Å²) in [6.45, 7) is 4.24. The van der Waals surface area contributed by atoms with Crippen LogP contribution in [0.1, 0.15) is 24.1 Å². The minimum atomic E-state index is 0.275. The van der Waals surface area contributed by atoms with Crippen molar-refractivity contribution in [3.63, 3.8) is 0 Å². The van der Waals surface area contributed by atoms with Crippen molar-refractivity contribution in [3.05, 3.63) is 59.7 Å². The van der Waals surface area contributed by atoms with Crippen LogP contribution in [-0.2, 0) is 0 Å². The molecule has 2 aromatic rings. The molecule has 0 aliphatic rings. The average molecular weight is 226 g/mol. The molecule has 0 radical (unpaired) electrons. The highest BCUT2D eigenvalue weighted by atomic mass is 14.9. The Morgan fingerprint density at radius 3 is 2.41 bits per heavy atom. The van der Waals surface area contributed by atoms with E-state index in [1.807, 2.05) is 24.3 Å². The monoisotopic (exact) mass is 226 g/mol. The van der Waals surface area contributed by atoms with Gasteiger partial charge >= 0.3 is 0 Å². The molecule has 0 aromatic heterocycles. The van der Waals surface area contributed by atoms with Crippen molar-refractivity contribution in [2.24, 2.45) is 0 Å². The molecule has 0 amide bonds. The van der Waals surface area contributed by atoms with Crippen LogP contribution in [0.2, 0.25) is 0 Å². The maximum Gasteiger partial charge on any atom is 0.0485 e. The van der Waals surface area contributed by atoms with E-state index in [-0.39, 0.29) is 6.04 Å². The molecule has 2 aromatic carbocycles. The molecule has 0 bridgehead atoms. The van der Waals surface area contributed by atoms with E-state index in [9.17, 15) is 0 Å². The van der Waals surface area contributed by atoms with E-state index in [2.05, 4.69) is 43.4 Å². The van der Waals surface area contributed by atoms with Gasteiger partial charge in [0.15, 0.2) is 0 Å². The smallest absolute Gasteiger partial charge is 0.0485 e. The summed E-state index contributed by atoms with van der Waals surface area (Å²) in [5, 5.41) is 3.44. The Morgan fingerprint density at radius 2 is 1.76 bits per heavy atom. The number of hydrogen-bond donors (Lipinski definition) is 2. The molecule has 0 saturated heterocycles. The number of anilines is 2. The first-order valence-electron chi connectivity index (χ1n) is 5.84. The quantitative estimate of drug-likeness (QED) is 0.782. The molecule has 0 fully saturated rings. The van der Waals surface area contributed by atoms with Crippen LogP contribution in [0.15, 0.2) is 48.5 Å². The molecule has 88 valence electrons. The second-order valence-corrected chi connectivity index (χ2v) is 4.40. The third kappa shape index (κ3) is 3.00. The van der Waals surface area contributed by atoms with Gasteiger partial charge in [-0.25, -0.2) is 0 Å². The summed E-state index contributed by atoms with van der Waals surface area (Å²) in [5.41, 5.74) is 10.1. The Balaban J connectivity index is 2.11. The number of rotatable bonds is 3. The molecule has 0 aliphatic heterocycles. The molecule has 0 heterocycles. The topological polar surface area (TPSA) is 38.0 Å². The highest BCUT2D eigenvalue weighted by Crippen LogP contribution is 2.20. The summed E-state index contributed by atoms with van der Waals surface area (Å²) in [6, 6.07) is 16.7. The molecule has 3 N–H and O–H groups in total. The zero-order valence-corrected chi connectivity index (χ0v) is 10.3. The van der Waals surface area contributed by atoms with Crippen molar-refractivity contribution in [1.82, 2.24) is 0 Å². The van der Waals surface area contributed by atoms with Gasteiger partial charge in [0.25, 0.3) is 0 Å². The lowest BCUT2D eigenvalue weighted by Crippen LogP contribution is -2.06. The molecule has 2 nitrogen and oxygen atoms in total. The van der Waals surface area contributed by atoms with Crippen molar-refractivity contribution in [2.45, 2.75) is 19.9 Å². The fourth-order valence-electron chi connectivity index (χ4n) is 1.82. The van der Waals surface area contributed by atoms with Crippen molar-refractivity contribution >= 4 is 11.4 Å². The van der Waals surface area contributed by atoms with Crippen LogP contribution in [0.25, 0.3) is 0 Å². The van der Waals surface area contributed by atoms with E-state index in [1.54, 1.807) is 0 Å². The molecular weight excluding hydrogens is 208 g/mol. The Labute approximate surface area is 102 Å². The maximum atomic E-state index is 5.75. The third-order valence-corrected chi connectivity index (χ3v) is 2.85. The highest BCUT2D eigenvalue weighted by molar-refractivity contribution is 5.55. The van der Waals surface area contributed by atoms with Gasteiger partial charge in [-0.15, -0.1) is 0 Å². The fourth-order valence-corrected chi connectivity index (χ4v) is 1.82. The Morgan fingerprint density at radius 1 is 1.06 bits per heavy atom. The Kier molecular flexibility index (Phi) is 3.33. The molecule has 1 unspecified atom stereocenters. The van der Waals surface area contributed by atoms with Gasteiger partial charge in [-0.05, 0) is 37.6 Å².